The summed E-state index contributed by atoms with van der Waals surface area (Å²) >= 11 is 0. The van der Waals surface area contributed by atoms with Gasteiger partial charge in [-0.1, -0.05) is 18.2 Å². The van der Waals surface area contributed by atoms with E-state index >= 15 is 0 Å². The van der Waals surface area contributed by atoms with E-state index in [1.165, 1.54) is 0 Å². The molecule has 0 radical (unpaired) electrons. The number of aliphatic hydroxyl groups is 1. The molecule has 0 aromatic carbocycles. The van der Waals surface area contributed by atoms with Gasteiger partial charge < -0.3 is 9.84 Å². The van der Waals surface area contributed by atoms with Gasteiger partial charge in [0.25, 0.3) is 0 Å². The van der Waals surface area contributed by atoms with Crippen LogP contribution in [-0.2, 0) is 4.74 Å². The van der Waals surface area contributed by atoms with Crippen LogP contribution >= 0.6 is 0 Å². The highest BCUT2D eigenvalue weighted by Crippen LogP contribution is 2.06. The highest BCUT2D eigenvalue weighted by Gasteiger charge is 2.15. The van der Waals surface area contributed by atoms with E-state index in [9.17, 15) is 0 Å². The third-order valence-corrected chi connectivity index (χ3v) is 1.29. The molecule has 0 aromatic rings. The molecule has 1 heterocycles. The highest BCUT2D eigenvalue weighted by molar-refractivity contribution is 5.02. The largest absolute Gasteiger partial charge is 0.386 e. The summed E-state index contributed by atoms with van der Waals surface area (Å²) in [5, 5.41) is 9.09. The van der Waals surface area contributed by atoms with Crippen molar-refractivity contribution in [3.8, 4) is 0 Å². The first-order valence-corrected chi connectivity index (χ1v) is 2.93. The van der Waals surface area contributed by atoms with Crippen molar-refractivity contribution in [1.82, 2.24) is 0 Å². The summed E-state index contributed by atoms with van der Waals surface area (Å²) < 4.78 is 5.08. The zero-order valence-corrected chi connectivity index (χ0v) is 5.16. The van der Waals surface area contributed by atoms with E-state index in [1.807, 2.05) is 0 Å². The molecule has 0 unspecified atom stereocenters. The van der Waals surface area contributed by atoms with Gasteiger partial charge in [-0.2, -0.15) is 0 Å². The van der Waals surface area contributed by atoms with Crippen LogP contribution in [0.3, 0.4) is 0 Å². The minimum Gasteiger partial charge on any atom is -0.386 e. The van der Waals surface area contributed by atoms with E-state index < -0.39 is 6.10 Å². The SMILES string of the molecule is C=C[C@H]1OCC=C[C@H]1O. The molecule has 1 N–H and O–H groups in total. The molecule has 2 nitrogen and oxygen atoms in total. The molecule has 0 bridgehead atoms. The van der Waals surface area contributed by atoms with Crippen LogP contribution in [0.1, 0.15) is 0 Å². The zero-order chi connectivity index (χ0) is 6.69. The maximum absolute atomic E-state index is 9.09. The maximum atomic E-state index is 9.09. The molecule has 0 saturated heterocycles. The minimum atomic E-state index is -0.503. The van der Waals surface area contributed by atoms with Crippen LogP contribution in [0.5, 0.6) is 0 Å². The van der Waals surface area contributed by atoms with Crippen molar-refractivity contribution in [3.63, 3.8) is 0 Å². The molecule has 2 atom stereocenters. The number of hydrogen-bond acceptors (Lipinski definition) is 2. The summed E-state index contributed by atoms with van der Waals surface area (Å²) in [5.74, 6) is 0. The second-order valence-corrected chi connectivity index (χ2v) is 1.95. The molecule has 1 aliphatic heterocycles. The molecule has 0 spiro atoms. The minimum absolute atomic E-state index is 0.213. The Kier molecular flexibility index (Phi) is 2.03. The molecule has 2 heteroatoms. The number of rotatable bonds is 1. The smallest absolute Gasteiger partial charge is 0.105 e. The van der Waals surface area contributed by atoms with Crippen molar-refractivity contribution < 1.29 is 9.84 Å². The van der Waals surface area contributed by atoms with E-state index in [0.717, 1.165) is 0 Å². The maximum Gasteiger partial charge on any atom is 0.105 e. The molecule has 0 fully saturated rings. The molecule has 1 aliphatic rings. The number of hydrogen-bond donors (Lipinski definition) is 1. The first-order valence-electron chi connectivity index (χ1n) is 2.93. The summed E-state index contributed by atoms with van der Waals surface area (Å²) in [7, 11) is 0. The van der Waals surface area contributed by atoms with Crippen molar-refractivity contribution in [2.24, 2.45) is 0 Å². The van der Waals surface area contributed by atoms with Gasteiger partial charge in [0.2, 0.25) is 0 Å². The standard InChI is InChI=1S/C7H10O2/c1-2-7-6(8)4-3-5-9-7/h2-4,6-8H,1,5H2/t6-,7-/m1/s1. The topological polar surface area (TPSA) is 29.5 Å². The Labute approximate surface area is 54.5 Å². The van der Waals surface area contributed by atoms with Crippen LogP contribution in [0.15, 0.2) is 24.8 Å². The van der Waals surface area contributed by atoms with E-state index in [1.54, 1.807) is 18.2 Å². The Morgan fingerprint density at radius 2 is 2.56 bits per heavy atom. The van der Waals surface area contributed by atoms with Gasteiger partial charge in [0.15, 0.2) is 0 Å². The first-order chi connectivity index (χ1) is 4.34. The van der Waals surface area contributed by atoms with Crippen LogP contribution in [-0.4, -0.2) is 23.9 Å². The van der Waals surface area contributed by atoms with Crippen LogP contribution in [0.25, 0.3) is 0 Å². The van der Waals surface area contributed by atoms with Gasteiger partial charge in [-0.3, -0.25) is 0 Å². The van der Waals surface area contributed by atoms with Gasteiger partial charge >= 0.3 is 0 Å². The fourth-order valence-corrected chi connectivity index (χ4v) is 0.777. The molecule has 9 heavy (non-hydrogen) atoms. The Hall–Kier alpha value is -0.600. The van der Waals surface area contributed by atoms with Crippen molar-refractivity contribution in [3.05, 3.63) is 24.8 Å². The first kappa shape index (κ1) is 6.52. The summed E-state index contributed by atoms with van der Waals surface area (Å²) in [4.78, 5) is 0. The Morgan fingerprint density at radius 1 is 1.78 bits per heavy atom. The van der Waals surface area contributed by atoms with Crippen LogP contribution < -0.4 is 0 Å². The van der Waals surface area contributed by atoms with Crippen molar-refractivity contribution >= 4 is 0 Å². The van der Waals surface area contributed by atoms with Crippen molar-refractivity contribution in [2.45, 2.75) is 12.2 Å². The predicted molar refractivity (Wildman–Crippen MR) is 35.1 cm³/mol. The summed E-state index contributed by atoms with van der Waals surface area (Å²) in [6.07, 6.45) is 4.40. The molecule has 1 rings (SSSR count). The lowest BCUT2D eigenvalue weighted by Crippen LogP contribution is -2.28. The van der Waals surface area contributed by atoms with E-state index in [2.05, 4.69) is 6.58 Å². The highest BCUT2D eigenvalue weighted by atomic mass is 16.5. The lowest BCUT2D eigenvalue weighted by atomic mass is 10.1. The van der Waals surface area contributed by atoms with Gasteiger partial charge in [0.05, 0.1) is 6.61 Å². The molecular formula is C7H10O2. The predicted octanol–water partition coefficient (Wildman–Crippen LogP) is 0.488. The molecule has 0 aromatic heterocycles. The fourth-order valence-electron chi connectivity index (χ4n) is 0.777. The van der Waals surface area contributed by atoms with Crippen molar-refractivity contribution in [1.29, 1.82) is 0 Å². The molecule has 0 aliphatic carbocycles. The number of aliphatic hydroxyl groups excluding tert-OH is 1. The van der Waals surface area contributed by atoms with Gasteiger partial charge in [0, 0.05) is 0 Å². The second kappa shape index (κ2) is 2.80. The fraction of sp³-hybridized carbons (Fsp3) is 0.429. The molecule has 0 amide bonds. The summed E-state index contributed by atoms with van der Waals surface area (Å²) in [5.41, 5.74) is 0. The second-order valence-electron chi connectivity index (χ2n) is 1.95. The van der Waals surface area contributed by atoms with Crippen molar-refractivity contribution in [2.75, 3.05) is 6.61 Å². The Bertz CT molecular complexity index is 129. The molecular weight excluding hydrogens is 116 g/mol. The van der Waals surface area contributed by atoms with Gasteiger partial charge in [-0.05, 0) is 0 Å². The Balaban J connectivity index is 2.54. The quantitative estimate of drug-likeness (QED) is 0.518. The van der Waals surface area contributed by atoms with Gasteiger partial charge in [-0.15, -0.1) is 6.58 Å². The lowest BCUT2D eigenvalue weighted by Gasteiger charge is -2.19. The van der Waals surface area contributed by atoms with E-state index in [0.29, 0.717) is 6.61 Å². The van der Waals surface area contributed by atoms with E-state index in [4.69, 9.17) is 9.84 Å². The summed E-state index contributed by atoms with van der Waals surface area (Å²) in [6, 6.07) is 0. The molecule has 50 valence electrons. The summed E-state index contributed by atoms with van der Waals surface area (Å²) in [6.45, 7) is 4.09. The average molecular weight is 126 g/mol. The van der Waals surface area contributed by atoms with Crippen LogP contribution in [0.2, 0.25) is 0 Å². The van der Waals surface area contributed by atoms with Gasteiger partial charge in [0.1, 0.15) is 12.2 Å². The third-order valence-electron chi connectivity index (χ3n) is 1.29. The third kappa shape index (κ3) is 1.40. The van der Waals surface area contributed by atoms with E-state index in [-0.39, 0.29) is 6.10 Å². The normalized spacial score (nSPS) is 34.3. The average Bonchev–Trinajstić information content (AvgIpc) is 1.89. The number of ether oxygens (including phenoxy) is 1. The molecule has 0 saturated carbocycles. The van der Waals surface area contributed by atoms with Crippen LogP contribution in [0, 0.1) is 0 Å². The monoisotopic (exact) mass is 126 g/mol. The van der Waals surface area contributed by atoms with Crippen LogP contribution in [0.4, 0.5) is 0 Å². The lowest BCUT2D eigenvalue weighted by molar-refractivity contribution is 0.0141. The Morgan fingerprint density at radius 3 is 3.00 bits per heavy atom. The zero-order valence-electron chi connectivity index (χ0n) is 5.16. The van der Waals surface area contributed by atoms with Gasteiger partial charge in [-0.25, -0.2) is 0 Å².